The van der Waals surface area contributed by atoms with Crippen LogP contribution in [0.1, 0.15) is 18.0 Å². The Bertz CT molecular complexity index is 695. The first-order chi connectivity index (χ1) is 10.7. The second-order valence-electron chi connectivity index (χ2n) is 4.97. The average Bonchev–Trinajstić information content (AvgIpc) is 3.16. The van der Waals surface area contributed by atoms with Crippen LogP contribution in [0.4, 0.5) is 0 Å². The molecular formula is C16H17N3O2S. The van der Waals surface area contributed by atoms with E-state index in [4.69, 9.17) is 4.42 Å². The zero-order valence-corrected chi connectivity index (χ0v) is 13.2. The Kier molecular flexibility index (Phi) is 4.58. The van der Waals surface area contributed by atoms with Gasteiger partial charge in [-0.15, -0.1) is 0 Å². The Morgan fingerprint density at radius 3 is 2.91 bits per heavy atom. The molecule has 5 nitrogen and oxygen atoms in total. The van der Waals surface area contributed by atoms with Gasteiger partial charge in [-0.25, -0.2) is 4.98 Å². The number of amidine groups is 1. The predicted molar refractivity (Wildman–Crippen MR) is 87.9 cm³/mol. The molecule has 1 amide bonds. The summed E-state index contributed by atoms with van der Waals surface area (Å²) in [6.45, 7) is 2.69. The molecule has 114 valence electrons. The molecule has 0 fully saturated rings. The predicted octanol–water partition coefficient (Wildman–Crippen LogP) is 2.80. The molecule has 22 heavy (non-hydrogen) atoms. The number of nitrogens with zero attached hydrogens (tertiary/aromatic N) is 2. The molecule has 0 aliphatic carbocycles. The lowest BCUT2D eigenvalue weighted by atomic mass is 10.1. The van der Waals surface area contributed by atoms with Gasteiger partial charge in [0.15, 0.2) is 16.8 Å². The van der Waals surface area contributed by atoms with Crippen molar-refractivity contribution in [2.24, 2.45) is 4.99 Å². The Morgan fingerprint density at radius 1 is 1.36 bits per heavy atom. The average molecular weight is 315 g/mol. The third kappa shape index (κ3) is 3.57. The van der Waals surface area contributed by atoms with Gasteiger partial charge in [0.25, 0.3) is 0 Å². The lowest BCUT2D eigenvalue weighted by Crippen LogP contribution is -2.27. The molecule has 0 radical (unpaired) electrons. The highest BCUT2D eigenvalue weighted by atomic mass is 32.2. The summed E-state index contributed by atoms with van der Waals surface area (Å²) in [5, 5.41) is 3.53. The molecule has 3 rings (SSSR count). The number of nitrogens with one attached hydrogen (secondary N) is 1. The molecule has 0 bridgehead atoms. The van der Waals surface area contributed by atoms with Crippen LogP contribution in [0.5, 0.6) is 0 Å². The molecule has 6 heteroatoms. The third-order valence-electron chi connectivity index (χ3n) is 3.27. The normalized spacial score (nSPS) is 14.0. The van der Waals surface area contributed by atoms with Crippen molar-refractivity contribution in [2.45, 2.75) is 19.8 Å². The molecule has 0 spiro atoms. The summed E-state index contributed by atoms with van der Waals surface area (Å²) >= 11 is 1.58. The summed E-state index contributed by atoms with van der Waals surface area (Å²) in [7, 11) is 0. The number of carbonyl (C=O) groups excluding carboxylic acids is 1. The van der Waals surface area contributed by atoms with Crippen molar-refractivity contribution in [3.63, 3.8) is 0 Å². The molecule has 1 aliphatic heterocycles. The minimum absolute atomic E-state index is 0.0507. The summed E-state index contributed by atoms with van der Waals surface area (Å²) in [5.41, 5.74) is 1.84. The Labute approximate surface area is 133 Å². The van der Waals surface area contributed by atoms with Crippen molar-refractivity contribution in [1.29, 1.82) is 0 Å². The number of aliphatic imine (C=N–C) groups is 1. The lowest BCUT2D eigenvalue weighted by Gasteiger charge is -2.02. The van der Waals surface area contributed by atoms with Crippen LogP contribution in [0, 0.1) is 6.92 Å². The van der Waals surface area contributed by atoms with Crippen LogP contribution in [0.15, 0.2) is 39.7 Å². The minimum atomic E-state index is -0.0507. The Hall–Kier alpha value is -2.08. The fraction of sp³-hybridized carbons (Fsp3) is 0.312. The van der Waals surface area contributed by atoms with Crippen LogP contribution in [0.25, 0.3) is 11.3 Å². The monoisotopic (exact) mass is 315 g/mol. The standard InChI is InChI=1S/C16H17N3O2S/c1-11-15(12-5-3-2-4-6-12)21-14(18-11)8-7-13(20)19-16-17-9-10-22-16/h2-6H,7-10H2,1H3,(H,17,19,20). The number of rotatable bonds is 4. The summed E-state index contributed by atoms with van der Waals surface area (Å²) < 4.78 is 5.79. The van der Waals surface area contributed by atoms with Crippen LogP contribution in [-0.4, -0.2) is 28.4 Å². The highest BCUT2D eigenvalue weighted by molar-refractivity contribution is 8.14. The number of amides is 1. The fourth-order valence-corrected chi connectivity index (χ4v) is 2.97. The van der Waals surface area contributed by atoms with Crippen molar-refractivity contribution in [2.75, 3.05) is 12.3 Å². The van der Waals surface area contributed by atoms with Crippen molar-refractivity contribution >= 4 is 22.8 Å². The van der Waals surface area contributed by atoms with E-state index in [0.717, 1.165) is 34.5 Å². The van der Waals surface area contributed by atoms with E-state index < -0.39 is 0 Å². The highest BCUT2D eigenvalue weighted by Crippen LogP contribution is 2.24. The molecule has 0 unspecified atom stereocenters. The maximum Gasteiger partial charge on any atom is 0.226 e. The number of benzene rings is 1. The van der Waals surface area contributed by atoms with E-state index >= 15 is 0 Å². The summed E-state index contributed by atoms with van der Waals surface area (Å²) in [4.78, 5) is 20.5. The van der Waals surface area contributed by atoms with Gasteiger partial charge in [0.05, 0.1) is 12.2 Å². The van der Waals surface area contributed by atoms with Crippen molar-refractivity contribution < 1.29 is 9.21 Å². The highest BCUT2D eigenvalue weighted by Gasteiger charge is 2.14. The van der Waals surface area contributed by atoms with Crippen LogP contribution >= 0.6 is 11.8 Å². The van der Waals surface area contributed by atoms with E-state index in [9.17, 15) is 4.79 Å². The molecule has 1 aromatic carbocycles. The van der Waals surface area contributed by atoms with Crippen LogP contribution in [0.2, 0.25) is 0 Å². The van der Waals surface area contributed by atoms with E-state index in [1.165, 1.54) is 0 Å². The van der Waals surface area contributed by atoms with E-state index in [-0.39, 0.29) is 5.91 Å². The van der Waals surface area contributed by atoms with Gasteiger partial charge in [0, 0.05) is 24.2 Å². The van der Waals surface area contributed by atoms with Crippen LogP contribution < -0.4 is 5.32 Å². The summed E-state index contributed by atoms with van der Waals surface area (Å²) in [5.74, 6) is 2.25. The summed E-state index contributed by atoms with van der Waals surface area (Å²) in [6, 6.07) is 9.86. The number of aryl methyl sites for hydroxylation is 2. The van der Waals surface area contributed by atoms with Gasteiger partial charge in [-0.05, 0) is 6.92 Å². The second-order valence-corrected chi connectivity index (χ2v) is 6.06. The quantitative estimate of drug-likeness (QED) is 0.942. The first-order valence-electron chi connectivity index (χ1n) is 7.21. The summed E-state index contributed by atoms with van der Waals surface area (Å²) in [6.07, 6.45) is 0.825. The molecule has 0 atom stereocenters. The molecule has 1 aromatic heterocycles. The maximum atomic E-state index is 11.9. The SMILES string of the molecule is Cc1nc(CCC(=O)NC2=NCCS2)oc1-c1ccccc1. The van der Waals surface area contributed by atoms with Gasteiger partial charge >= 0.3 is 0 Å². The minimum Gasteiger partial charge on any atom is -0.440 e. The van der Waals surface area contributed by atoms with Gasteiger partial charge in [-0.3, -0.25) is 9.79 Å². The molecular weight excluding hydrogens is 298 g/mol. The zero-order valence-electron chi connectivity index (χ0n) is 12.3. The Morgan fingerprint density at radius 2 is 2.18 bits per heavy atom. The van der Waals surface area contributed by atoms with Gasteiger partial charge in [-0.2, -0.15) is 0 Å². The smallest absolute Gasteiger partial charge is 0.226 e. The van der Waals surface area contributed by atoms with Gasteiger partial charge < -0.3 is 9.73 Å². The maximum absolute atomic E-state index is 11.9. The molecule has 2 aromatic rings. The number of aromatic nitrogens is 1. The van der Waals surface area contributed by atoms with E-state index in [0.29, 0.717) is 18.7 Å². The van der Waals surface area contributed by atoms with Gasteiger partial charge in [-0.1, -0.05) is 42.1 Å². The Balaban J connectivity index is 1.60. The molecule has 0 saturated heterocycles. The molecule has 2 heterocycles. The number of carbonyl (C=O) groups is 1. The van der Waals surface area contributed by atoms with Crippen molar-refractivity contribution in [3.8, 4) is 11.3 Å². The molecule has 1 aliphatic rings. The lowest BCUT2D eigenvalue weighted by molar-refractivity contribution is -0.119. The molecule has 1 N–H and O–H groups in total. The fourth-order valence-electron chi connectivity index (χ4n) is 2.23. The first kappa shape index (κ1) is 14.8. The number of thioether (sulfide) groups is 1. The van der Waals surface area contributed by atoms with Gasteiger partial charge in [0.1, 0.15) is 0 Å². The van der Waals surface area contributed by atoms with E-state index in [1.807, 2.05) is 37.3 Å². The number of oxazole rings is 1. The van der Waals surface area contributed by atoms with Crippen molar-refractivity contribution in [1.82, 2.24) is 10.3 Å². The van der Waals surface area contributed by atoms with E-state index in [2.05, 4.69) is 15.3 Å². The zero-order chi connectivity index (χ0) is 15.4. The first-order valence-corrected chi connectivity index (χ1v) is 8.20. The van der Waals surface area contributed by atoms with Crippen LogP contribution in [-0.2, 0) is 11.2 Å². The number of hydrogen-bond donors (Lipinski definition) is 1. The number of hydrogen-bond acceptors (Lipinski definition) is 5. The van der Waals surface area contributed by atoms with Gasteiger partial charge in [0.2, 0.25) is 5.91 Å². The largest absolute Gasteiger partial charge is 0.440 e. The topological polar surface area (TPSA) is 67.5 Å². The third-order valence-corrected chi connectivity index (χ3v) is 4.17. The second kappa shape index (κ2) is 6.79. The molecule has 0 saturated carbocycles. The van der Waals surface area contributed by atoms with Crippen LogP contribution in [0.3, 0.4) is 0 Å². The van der Waals surface area contributed by atoms with Crippen molar-refractivity contribution in [3.05, 3.63) is 41.9 Å². The van der Waals surface area contributed by atoms with E-state index in [1.54, 1.807) is 11.8 Å².